The normalized spacial score (nSPS) is 12.1. The van der Waals surface area contributed by atoms with Crippen LogP contribution in [0, 0.1) is 6.92 Å². The lowest BCUT2D eigenvalue weighted by molar-refractivity contribution is -0.128. The van der Waals surface area contributed by atoms with E-state index >= 15 is 0 Å². The lowest BCUT2D eigenvalue weighted by Crippen LogP contribution is -2.47. The Kier molecular flexibility index (Phi) is 6.17. The Labute approximate surface area is 176 Å². The zero-order valence-corrected chi connectivity index (χ0v) is 18.1. The number of aromatic nitrogens is 3. The van der Waals surface area contributed by atoms with E-state index in [1.807, 2.05) is 19.9 Å². The largest absolute Gasteiger partial charge is 0.481 e. The second-order valence-corrected chi connectivity index (χ2v) is 7.79. The molecule has 2 aromatic heterocycles. The van der Waals surface area contributed by atoms with E-state index in [1.165, 1.54) is 0 Å². The van der Waals surface area contributed by atoms with Gasteiger partial charge in [-0.05, 0) is 52.0 Å². The minimum absolute atomic E-state index is 0.157. The zero-order chi connectivity index (χ0) is 21.1. The van der Waals surface area contributed by atoms with Gasteiger partial charge in [0.25, 0.3) is 11.8 Å². The molecule has 2 N–H and O–H groups in total. The molecular weight excluding hydrogens is 438 g/mol. The van der Waals surface area contributed by atoms with Crippen molar-refractivity contribution in [2.45, 2.75) is 39.8 Å². The fourth-order valence-electron chi connectivity index (χ4n) is 2.76. The van der Waals surface area contributed by atoms with Gasteiger partial charge in [-0.2, -0.15) is 5.10 Å². The van der Waals surface area contributed by atoms with Crippen molar-refractivity contribution in [3.8, 4) is 5.75 Å². The molecule has 2 amide bonds. The first-order valence-electron chi connectivity index (χ1n) is 9.13. The number of hydrazine groups is 1. The van der Waals surface area contributed by atoms with Gasteiger partial charge in [0.15, 0.2) is 11.8 Å². The third-order valence-electron chi connectivity index (χ3n) is 4.27. The molecule has 3 aromatic rings. The van der Waals surface area contributed by atoms with Crippen molar-refractivity contribution < 1.29 is 14.3 Å². The van der Waals surface area contributed by atoms with E-state index in [2.05, 4.69) is 36.9 Å². The average Bonchev–Trinajstić information content (AvgIpc) is 3.08. The van der Waals surface area contributed by atoms with E-state index in [0.29, 0.717) is 22.7 Å². The predicted molar refractivity (Wildman–Crippen MR) is 112 cm³/mol. The van der Waals surface area contributed by atoms with Crippen LogP contribution in [0.1, 0.15) is 42.9 Å². The van der Waals surface area contributed by atoms with Crippen LogP contribution in [-0.4, -0.2) is 32.7 Å². The highest BCUT2D eigenvalue weighted by molar-refractivity contribution is 9.10. The van der Waals surface area contributed by atoms with E-state index in [4.69, 9.17) is 4.74 Å². The van der Waals surface area contributed by atoms with Gasteiger partial charge in [0.1, 0.15) is 5.75 Å². The van der Waals surface area contributed by atoms with Gasteiger partial charge in [0.2, 0.25) is 0 Å². The molecule has 0 saturated heterocycles. The summed E-state index contributed by atoms with van der Waals surface area (Å²) in [6.07, 6.45) is 0.876. The smallest absolute Gasteiger partial charge is 0.279 e. The molecule has 9 heteroatoms. The fourth-order valence-corrected chi connectivity index (χ4v) is 3.14. The number of amides is 2. The Hall–Kier alpha value is -2.94. The number of fused-ring (bicyclic) bond motifs is 1. The van der Waals surface area contributed by atoms with Gasteiger partial charge < -0.3 is 4.74 Å². The summed E-state index contributed by atoms with van der Waals surface area (Å²) >= 11 is 3.35. The Bertz CT molecular complexity index is 1060. The average molecular weight is 460 g/mol. The summed E-state index contributed by atoms with van der Waals surface area (Å²) in [6.45, 7) is 7.36. The number of carbonyl (C=O) groups excluding carboxylic acids is 2. The molecule has 3 rings (SSSR count). The third kappa shape index (κ3) is 4.73. The molecule has 2 heterocycles. The van der Waals surface area contributed by atoms with E-state index in [-0.39, 0.29) is 6.04 Å². The quantitative estimate of drug-likeness (QED) is 0.570. The number of halogens is 1. The molecule has 0 spiro atoms. The molecule has 0 fully saturated rings. The molecule has 0 radical (unpaired) electrons. The molecule has 152 valence electrons. The second kappa shape index (κ2) is 8.60. The second-order valence-electron chi connectivity index (χ2n) is 6.88. The van der Waals surface area contributed by atoms with Crippen LogP contribution in [0.25, 0.3) is 11.0 Å². The lowest BCUT2D eigenvalue weighted by Gasteiger charge is -2.15. The van der Waals surface area contributed by atoms with Gasteiger partial charge in [-0.15, -0.1) is 0 Å². The van der Waals surface area contributed by atoms with E-state index < -0.39 is 17.9 Å². The van der Waals surface area contributed by atoms with Crippen LogP contribution in [0.4, 0.5) is 0 Å². The van der Waals surface area contributed by atoms with Crippen molar-refractivity contribution in [2.75, 3.05) is 0 Å². The van der Waals surface area contributed by atoms with Crippen molar-refractivity contribution in [3.05, 3.63) is 52.3 Å². The van der Waals surface area contributed by atoms with Gasteiger partial charge in [-0.1, -0.05) is 22.0 Å². The number of pyridine rings is 1. The number of aryl methyl sites for hydroxylation is 1. The van der Waals surface area contributed by atoms with Crippen molar-refractivity contribution >= 4 is 38.8 Å². The molecule has 1 aromatic carbocycles. The van der Waals surface area contributed by atoms with E-state index in [9.17, 15) is 9.59 Å². The third-order valence-corrected chi connectivity index (χ3v) is 4.76. The number of nitrogens with zero attached hydrogens (tertiary/aromatic N) is 3. The number of ether oxygens (including phenoxy) is 1. The fraction of sp³-hybridized carbons (Fsp3) is 0.300. The number of hydrogen-bond acceptors (Lipinski definition) is 5. The van der Waals surface area contributed by atoms with Crippen LogP contribution >= 0.6 is 15.9 Å². The standard InChI is InChI=1S/C20H22BrN5O3/c1-11(2)26-18-14(10-22-26)8-17(12(3)23-18)20(28)25-24-19(27)13(4)29-16-7-5-6-15(21)9-16/h5-11,13H,1-4H3,(H,24,27)(H,25,28). The minimum Gasteiger partial charge on any atom is -0.481 e. The summed E-state index contributed by atoms with van der Waals surface area (Å²) in [6, 6.07) is 9.03. The zero-order valence-electron chi connectivity index (χ0n) is 16.6. The van der Waals surface area contributed by atoms with Gasteiger partial charge in [0.05, 0.1) is 17.5 Å². The summed E-state index contributed by atoms with van der Waals surface area (Å²) in [5.41, 5.74) is 6.43. The maximum atomic E-state index is 12.5. The first kappa shape index (κ1) is 20.8. The number of rotatable bonds is 5. The van der Waals surface area contributed by atoms with Crippen LogP contribution in [-0.2, 0) is 4.79 Å². The monoisotopic (exact) mass is 459 g/mol. The van der Waals surface area contributed by atoms with Gasteiger partial charge in [0, 0.05) is 15.9 Å². The van der Waals surface area contributed by atoms with Gasteiger partial charge in [-0.3, -0.25) is 20.4 Å². The minimum atomic E-state index is -0.796. The van der Waals surface area contributed by atoms with Crippen LogP contribution in [0.3, 0.4) is 0 Å². The van der Waals surface area contributed by atoms with Crippen molar-refractivity contribution in [1.29, 1.82) is 0 Å². The molecule has 0 saturated carbocycles. The molecule has 1 atom stereocenters. The van der Waals surface area contributed by atoms with Crippen LogP contribution in [0.2, 0.25) is 0 Å². The number of carbonyl (C=O) groups is 2. The van der Waals surface area contributed by atoms with E-state index in [0.717, 1.165) is 9.86 Å². The maximum absolute atomic E-state index is 12.5. The van der Waals surface area contributed by atoms with Crippen LogP contribution in [0.5, 0.6) is 5.75 Å². The van der Waals surface area contributed by atoms with Gasteiger partial charge in [-0.25, -0.2) is 9.67 Å². The Balaban J connectivity index is 1.65. The first-order valence-corrected chi connectivity index (χ1v) is 9.93. The van der Waals surface area contributed by atoms with Crippen LogP contribution in [0.15, 0.2) is 41.0 Å². The molecule has 0 bridgehead atoms. The first-order chi connectivity index (χ1) is 13.8. The summed E-state index contributed by atoms with van der Waals surface area (Å²) < 4.78 is 8.23. The highest BCUT2D eigenvalue weighted by Gasteiger charge is 2.18. The molecule has 1 unspecified atom stereocenters. The number of hydrogen-bond donors (Lipinski definition) is 2. The predicted octanol–water partition coefficient (Wildman–Crippen LogP) is 3.31. The van der Waals surface area contributed by atoms with Crippen molar-refractivity contribution in [3.63, 3.8) is 0 Å². The summed E-state index contributed by atoms with van der Waals surface area (Å²) in [4.78, 5) is 29.3. The maximum Gasteiger partial charge on any atom is 0.279 e. The topological polar surface area (TPSA) is 98.1 Å². The molecule has 0 aliphatic carbocycles. The molecule has 29 heavy (non-hydrogen) atoms. The summed E-state index contributed by atoms with van der Waals surface area (Å²) in [7, 11) is 0. The summed E-state index contributed by atoms with van der Waals surface area (Å²) in [5, 5.41) is 5.07. The Morgan fingerprint density at radius 2 is 1.93 bits per heavy atom. The number of benzene rings is 1. The van der Waals surface area contributed by atoms with Crippen LogP contribution < -0.4 is 15.6 Å². The Morgan fingerprint density at radius 3 is 2.62 bits per heavy atom. The highest BCUT2D eigenvalue weighted by atomic mass is 79.9. The van der Waals surface area contributed by atoms with E-state index in [1.54, 1.807) is 49.0 Å². The Morgan fingerprint density at radius 1 is 1.17 bits per heavy atom. The lowest BCUT2D eigenvalue weighted by atomic mass is 10.1. The molecule has 8 nitrogen and oxygen atoms in total. The molecule has 0 aliphatic heterocycles. The SMILES string of the molecule is Cc1nc2c(cnn2C(C)C)cc1C(=O)NNC(=O)C(C)Oc1cccc(Br)c1. The van der Waals surface area contributed by atoms with Crippen molar-refractivity contribution in [1.82, 2.24) is 25.6 Å². The number of nitrogens with one attached hydrogen (secondary N) is 2. The highest BCUT2D eigenvalue weighted by Crippen LogP contribution is 2.20. The summed E-state index contributed by atoms with van der Waals surface area (Å²) in [5.74, 6) is -0.393. The van der Waals surface area contributed by atoms with Crippen molar-refractivity contribution in [2.24, 2.45) is 0 Å². The molecular formula is C20H22BrN5O3. The van der Waals surface area contributed by atoms with Gasteiger partial charge >= 0.3 is 0 Å². The molecule has 0 aliphatic rings.